The van der Waals surface area contributed by atoms with Crippen LogP contribution in [-0.2, 0) is 4.79 Å². The van der Waals surface area contributed by atoms with Crippen LogP contribution >= 0.6 is 11.6 Å². The van der Waals surface area contributed by atoms with Crippen molar-refractivity contribution in [3.8, 4) is 0 Å². The van der Waals surface area contributed by atoms with Crippen LogP contribution in [0.15, 0.2) is 24.3 Å². The maximum atomic E-state index is 12.9. The molecule has 1 aliphatic heterocycles. The van der Waals surface area contributed by atoms with Gasteiger partial charge in [-0.1, -0.05) is 30.5 Å². The first-order chi connectivity index (χ1) is 10.6. The third-order valence-electron chi connectivity index (χ3n) is 5.15. The van der Waals surface area contributed by atoms with E-state index in [9.17, 15) is 4.79 Å². The highest BCUT2D eigenvalue weighted by Crippen LogP contribution is 2.39. The molecule has 0 aromatic heterocycles. The lowest BCUT2D eigenvalue weighted by molar-refractivity contribution is -0.141. The molecule has 3 rings (SSSR count). The third kappa shape index (κ3) is 2.95. The number of hydrogen-bond donors (Lipinski definition) is 1. The van der Waals surface area contributed by atoms with Crippen LogP contribution in [0.4, 0.5) is 5.69 Å². The van der Waals surface area contributed by atoms with Crippen molar-refractivity contribution in [2.24, 2.45) is 11.1 Å². The largest absolute Gasteiger partial charge is 0.368 e. The van der Waals surface area contributed by atoms with Crippen LogP contribution in [0.1, 0.15) is 25.7 Å². The number of carbonyl (C=O) groups excluding carboxylic acids is 1. The van der Waals surface area contributed by atoms with E-state index in [2.05, 4.69) is 11.0 Å². The summed E-state index contributed by atoms with van der Waals surface area (Å²) in [4.78, 5) is 17.2. The highest BCUT2D eigenvalue weighted by molar-refractivity contribution is 6.30. The van der Waals surface area contributed by atoms with Crippen LogP contribution in [0.2, 0.25) is 5.02 Å². The molecular formula is C17H24ClN3O. The van der Waals surface area contributed by atoms with Crippen molar-refractivity contribution in [2.45, 2.75) is 25.7 Å². The molecule has 0 bridgehead atoms. The molecule has 2 N–H and O–H groups in total. The van der Waals surface area contributed by atoms with E-state index in [1.165, 1.54) is 0 Å². The van der Waals surface area contributed by atoms with Gasteiger partial charge in [-0.25, -0.2) is 0 Å². The minimum Gasteiger partial charge on any atom is -0.368 e. The topological polar surface area (TPSA) is 49.6 Å². The Labute approximate surface area is 137 Å². The molecule has 1 aliphatic carbocycles. The second-order valence-electron chi connectivity index (χ2n) is 6.45. The predicted molar refractivity (Wildman–Crippen MR) is 90.2 cm³/mol. The van der Waals surface area contributed by atoms with Gasteiger partial charge in [0.15, 0.2) is 0 Å². The van der Waals surface area contributed by atoms with E-state index in [1.54, 1.807) is 0 Å². The SMILES string of the molecule is NCC1(C(=O)N2CCN(c3cccc(Cl)c3)CC2)CCCC1. The molecule has 1 amide bonds. The Morgan fingerprint density at radius 2 is 1.86 bits per heavy atom. The number of nitrogens with two attached hydrogens (primary N) is 1. The molecule has 1 heterocycles. The minimum absolute atomic E-state index is 0.276. The molecule has 0 unspecified atom stereocenters. The number of nitrogens with zero attached hydrogens (tertiary/aromatic N) is 2. The third-order valence-corrected chi connectivity index (χ3v) is 5.38. The molecule has 4 nitrogen and oxygen atoms in total. The van der Waals surface area contributed by atoms with Crippen LogP contribution in [0.3, 0.4) is 0 Å². The number of carbonyl (C=O) groups is 1. The average Bonchev–Trinajstić information content (AvgIpc) is 3.04. The Balaban J connectivity index is 1.63. The highest BCUT2D eigenvalue weighted by Gasteiger charge is 2.42. The van der Waals surface area contributed by atoms with Crippen LogP contribution < -0.4 is 10.6 Å². The maximum absolute atomic E-state index is 12.9. The van der Waals surface area contributed by atoms with Crippen LogP contribution in [0.25, 0.3) is 0 Å². The first kappa shape index (κ1) is 15.6. The Kier molecular flexibility index (Phi) is 4.59. The summed E-state index contributed by atoms with van der Waals surface area (Å²) in [6.07, 6.45) is 4.17. The fourth-order valence-corrected chi connectivity index (χ4v) is 3.92. The zero-order chi connectivity index (χ0) is 15.6. The molecule has 1 saturated carbocycles. The fourth-order valence-electron chi connectivity index (χ4n) is 3.73. The van der Waals surface area contributed by atoms with E-state index in [0.29, 0.717) is 6.54 Å². The molecule has 1 aromatic carbocycles. The number of piperazine rings is 1. The Morgan fingerprint density at radius 3 is 2.45 bits per heavy atom. The van der Waals surface area contributed by atoms with Gasteiger partial charge in [-0.2, -0.15) is 0 Å². The lowest BCUT2D eigenvalue weighted by Crippen LogP contribution is -2.54. The standard InChI is InChI=1S/C17H24ClN3O/c18-14-4-3-5-15(12-14)20-8-10-21(11-9-20)16(22)17(13-19)6-1-2-7-17/h3-5,12H,1-2,6-11,13,19H2. The molecule has 0 spiro atoms. The molecule has 120 valence electrons. The summed E-state index contributed by atoms with van der Waals surface area (Å²) in [5, 5.41) is 0.754. The van der Waals surface area contributed by atoms with Gasteiger partial charge in [0, 0.05) is 43.4 Å². The number of amides is 1. The molecule has 0 radical (unpaired) electrons. The van der Waals surface area contributed by atoms with Crippen LogP contribution in [0, 0.1) is 5.41 Å². The minimum atomic E-state index is -0.280. The van der Waals surface area contributed by atoms with E-state index >= 15 is 0 Å². The molecule has 0 atom stereocenters. The van der Waals surface area contributed by atoms with Crippen molar-refractivity contribution < 1.29 is 4.79 Å². The number of hydrogen-bond acceptors (Lipinski definition) is 3. The van der Waals surface area contributed by atoms with Gasteiger partial charge in [-0.3, -0.25) is 4.79 Å². The summed E-state index contributed by atoms with van der Waals surface area (Å²) in [6, 6.07) is 7.91. The Hall–Kier alpha value is -1.26. The van der Waals surface area contributed by atoms with Gasteiger partial charge in [-0.05, 0) is 31.0 Å². The van der Waals surface area contributed by atoms with Gasteiger partial charge in [0.1, 0.15) is 0 Å². The van der Waals surface area contributed by atoms with Gasteiger partial charge in [-0.15, -0.1) is 0 Å². The van der Waals surface area contributed by atoms with Gasteiger partial charge in [0.2, 0.25) is 5.91 Å². The number of anilines is 1. The number of benzene rings is 1. The van der Waals surface area contributed by atoms with Crippen molar-refractivity contribution in [3.05, 3.63) is 29.3 Å². The molecule has 1 aromatic rings. The molecular weight excluding hydrogens is 298 g/mol. The molecule has 5 heteroatoms. The summed E-state index contributed by atoms with van der Waals surface area (Å²) < 4.78 is 0. The van der Waals surface area contributed by atoms with E-state index in [0.717, 1.165) is 62.6 Å². The second kappa shape index (κ2) is 6.47. The quantitative estimate of drug-likeness (QED) is 0.930. The highest BCUT2D eigenvalue weighted by atomic mass is 35.5. The smallest absolute Gasteiger partial charge is 0.230 e. The van der Waals surface area contributed by atoms with Crippen molar-refractivity contribution in [2.75, 3.05) is 37.6 Å². The summed E-state index contributed by atoms with van der Waals surface area (Å²) in [5.74, 6) is 0.276. The normalized spacial score (nSPS) is 21.2. The Morgan fingerprint density at radius 1 is 1.18 bits per heavy atom. The number of rotatable bonds is 3. The van der Waals surface area contributed by atoms with Gasteiger partial charge in [0.25, 0.3) is 0 Å². The fraction of sp³-hybridized carbons (Fsp3) is 0.588. The second-order valence-corrected chi connectivity index (χ2v) is 6.89. The summed E-state index contributed by atoms with van der Waals surface area (Å²) in [5.41, 5.74) is 6.79. The van der Waals surface area contributed by atoms with Crippen molar-refractivity contribution >= 4 is 23.2 Å². The lowest BCUT2D eigenvalue weighted by Gasteiger charge is -2.40. The van der Waals surface area contributed by atoms with Crippen molar-refractivity contribution in [3.63, 3.8) is 0 Å². The molecule has 22 heavy (non-hydrogen) atoms. The first-order valence-electron chi connectivity index (χ1n) is 8.15. The zero-order valence-electron chi connectivity index (χ0n) is 12.9. The zero-order valence-corrected chi connectivity index (χ0v) is 13.7. The van der Waals surface area contributed by atoms with Crippen LogP contribution in [0.5, 0.6) is 0 Å². The number of halogens is 1. The monoisotopic (exact) mass is 321 g/mol. The molecule has 2 fully saturated rings. The summed E-state index contributed by atoms with van der Waals surface area (Å²) in [7, 11) is 0. The first-order valence-corrected chi connectivity index (χ1v) is 8.52. The summed E-state index contributed by atoms with van der Waals surface area (Å²) in [6.45, 7) is 3.74. The Bertz CT molecular complexity index is 534. The average molecular weight is 322 g/mol. The van der Waals surface area contributed by atoms with E-state index in [-0.39, 0.29) is 11.3 Å². The van der Waals surface area contributed by atoms with E-state index < -0.39 is 0 Å². The van der Waals surface area contributed by atoms with Crippen LogP contribution in [-0.4, -0.2) is 43.5 Å². The van der Waals surface area contributed by atoms with Crippen molar-refractivity contribution in [1.82, 2.24) is 4.90 Å². The van der Waals surface area contributed by atoms with E-state index in [4.69, 9.17) is 17.3 Å². The molecule has 1 saturated heterocycles. The van der Waals surface area contributed by atoms with Crippen molar-refractivity contribution in [1.29, 1.82) is 0 Å². The predicted octanol–water partition coefficient (Wildman–Crippen LogP) is 2.51. The molecule has 2 aliphatic rings. The lowest BCUT2D eigenvalue weighted by atomic mass is 9.84. The van der Waals surface area contributed by atoms with Gasteiger partial charge < -0.3 is 15.5 Å². The van der Waals surface area contributed by atoms with Gasteiger partial charge in [0.05, 0.1) is 5.41 Å². The van der Waals surface area contributed by atoms with E-state index in [1.807, 2.05) is 23.1 Å². The summed E-state index contributed by atoms with van der Waals surface area (Å²) >= 11 is 6.06. The maximum Gasteiger partial charge on any atom is 0.230 e. The van der Waals surface area contributed by atoms with Gasteiger partial charge >= 0.3 is 0 Å².